The molecule has 0 aliphatic rings. The van der Waals surface area contributed by atoms with Crippen LogP contribution in [0, 0.1) is 6.92 Å². The normalized spacial score (nSPS) is 11.4. The number of halogens is 1. The van der Waals surface area contributed by atoms with Crippen molar-refractivity contribution in [2.45, 2.75) is 26.2 Å². The molecule has 0 amide bonds. The zero-order valence-corrected chi connectivity index (χ0v) is 18.4. The van der Waals surface area contributed by atoms with E-state index >= 15 is 0 Å². The first-order chi connectivity index (χ1) is 12.3. The van der Waals surface area contributed by atoms with Gasteiger partial charge < -0.3 is 15.6 Å². The molecule has 0 saturated heterocycles. The molecular formula is C19H26IN5S. The molecule has 7 heteroatoms. The van der Waals surface area contributed by atoms with Gasteiger partial charge >= 0.3 is 0 Å². The van der Waals surface area contributed by atoms with Crippen molar-refractivity contribution in [2.24, 2.45) is 4.99 Å². The molecule has 0 aliphatic carbocycles. The number of rotatable bonds is 7. The second-order valence-corrected chi connectivity index (χ2v) is 7.32. The summed E-state index contributed by atoms with van der Waals surface area (Å²) < 4.78 is 0. The molecule has 3 rings (SSSR count). The van der Waals surface area contributed by atoms with Crippen LogP contribution in [0.25, 0.3) is 10.9 Å². The molecule has 2 aromatic heterocycles. The summed E-state index contributed by atoms with van der Waals surface area (Å²) in [6, 6.07) is 8.45. The van der Waals surface area contributed by atoms with Crippen molar-refractivity contribution in [1.29, 1.82) is 0 Å². The van der Waals surface area contributed by atoms with Gasteiger partial charge in [0.2, 0.25) is 0 Å². The zero-order valence-electron chi connectivity index (χ0n) is 15.2. The van der Waals surface area contributed by atoms with Crippen LogP contribution in [0.1, 0.15) is 21.9 Å². The van der Waals surface area contributed by atoms with Crippen LogP contribution in [0.15, 0.2) is 41.7 Å². The standard InChI is InChI=1S/C19H25N5S.HI/c1-14-12-24-18(25-14)9-11-22-19(20-2)21-10-5-6-15-13-23-17-8-4-3-7-16(15)17;/h3-4,7-8,12-13,23H,5-6,9-11H2,1-2H3,(H2,20,21,22);1H. The van der Waals surface area contributed by atoms with E-state index in [2.05, 4.69) is 63.0 Å². The molecule has 0 fully saturated rings. The largest absolute Gasteiger partial charge is 0.361 e. The molecule has 26 heavy (non-hydrogen) atoms. The van der Waals surface area contributed by atoms with Gasteiger partial charge in [-0.2, -0.15) is 0 Å². The maximum atomic E-state index is 4.38. The first-order valence-electron chi connectivity index (χ1n) is 8.67. The molecule has 0 saturated carbocycles. The molecule has 2 heterocycles. The van der Waals surface area contributed by atoms with Crippen LogP contribution in [0.5, 0.6) is 0 Å². The SMILES string of the molecule is CN=C(NCCCc1c[nH]c2ccccc12)NCCc1ncc(C)s1.I. The summed E-state index contributed by atoms with van der Waals surface area (Å²) in [7, 11) is 1.81. The van der Waals surface area contributed by atoms with E-state index in [1.165, 1.54) is 26.4 Å². The number of benzene rings is 1. The van der Waals surface area contributed by atoms with E-state index in [1.54, 1.807) is 11.3 Å². The van der Waals surface area contributed by atoms with E-state index in [4.69, 9.17) is 0 Å². The number of fused-ring (bicyclic) bond motifs is 1. The van der Waals surface area contributed by atoms with Gasteiger partial charge in [0.15, 0.2) is 5.96 Å². The van der Waals surface area contributed by atoms with Crippen molar-refractivity contribution in [3.05, 3.63) is 52.1 Å². The molecule has 0 aliphatic heterocycles. The number of hydrogen-bond acceptors (Lipinski definition) is 3. The topological polar surface area (TPSA) is 65.1 Å². The Kier molecular flexibility index (Phi) is 8.37. The maximum absolute atomic E-state index is 4.38. The minimum absolute atomic E-state index is 0. The molecule has 0 spiro atoms. The van der Waals surface area contributed by atoms with Gasteiger partial charge in [0.1, 0.15) is 0 Å². The number of aromatic nitrogens is 2. The Morgan fingerprint density at radius 2 is 2.00 bits per heavy atom. The summed E-state index contributed by atoms with van der Waals surface area (Å²) in [5, 5.41) is 9.22. The molecule has 0 atom stereocenters. The van der Waals surface area contributed by atoms with Gasteiger partial charge in [0.05, 0.1) is 5.01 Å². The van der Waals surface area contributed by atoms with Crippen molar-refractivity contribution in [3.63, 3.8) is 0 Å². The monoisotopic (exact) mass is 483 g/mol. The predicted octanol–water partition coefficient (Wildman–Crippen LogP) is 3.89. The Hall–Kier alpha value is -1.61. The molecule has 5 nitrogen and oxygen atoms in total. The first-order valence-corrected chi connectivity index (χ1v) is 9.48. The second kappa shape index (κ2) is 10.5. The van der Waals surface area contributed by atoms with Crippen LogP contribution in [0.4, 0.5) is 0 Å². The van der Waals surface area contributed by atoms with E-state index < -0.39 is 0 Å². The maximum Gasteiger partial charge on any atom is 0.190 e. The highest BCUT2D eigenvalue weighted by molar-refractivity contribution is 14.0. The molecule has 0 radical (unpaired) electrons. The fourth-order valence-corrected chi connectivity index (χ4v) is 3.64. The fraction of sp³-hybridized carbons (Fsp3) is 0.368. The van der Waals surface area contributed by atoms with Crippen LogP contribution in [-0.2, 0) is 12.8 Å². The second-order valence-electron chi connectivity index (χ2n) is 6.00. The minimum atomic E-state index is 0. The lowest BCUT2D eigenvalue weighted by molar-refractivity contribution is 0.740. The molecular weight excluding hydrogens is 457 g/mol. The van der Waals surface area contributed by atoms with Gasteiger partial charge in [-0.3, -0.25) is 4.99 Å². The summed E-state index contributed by atoms with van der Waals surface area (Å²) in [5.41, 5.74) is 2.58. The number of para-hydroxylation sites is 1. The Labute approximate surface area is 175 Å². The van der Waals surface area contributed by atoms with Crippen LogP contribution >= 0.6 is 35.3 Å². The quantitative estimate of drug-likeness (QED) is 0.207. The number of hydrogen-bond donors (Lipinski definition) is 3. The van der Waals surface area contributed by atoms with Crippen molar-refractivity contribution in [2.75, 3.05) is 20.1 Å². The van der Waals surface area contributed by atoms with E-state index in [0.29, 0.717) is 0 Å². The number of nitrogens with zero attached hydrogens (tertiary/aromatic N) is 2. The average Bonchev–Trinajstić information content (AvgIpc) is 3.23. The Morgan fingerprint density at radius 3 is 2.77 bits per heavy atom. The third-order valence-corrected chi connectivity index (χ3v) is 5.09. The lowest BCUT2D eigenvalue weighted by Gasteiger charge is -2.11. The molecule has 1 aromatic carbocycles. The van der Waals surface area contributed by atoms with Crippen LogP contribution in [0.3, 0.4) is 0 Å². The van der Waals surface area contributed by atoms with Crippen molar-refractivity contribution < 1.29 is 0 Å². The van der Waals surface area contributed by atoms with Gasteiger partial charge in [0.25, 0.3) is 0 Å². The van der Waals surface area contributed by atoms with E-state index in [1.807, 2.05) is 13.2 Å². The third-order valence-electron chi connectivity index (χ3n) is 4.11. The summed E-state index contributed by atoms with van der Waals surface area (Å²) in [4.78, 5) is 13.3. The Morgan fingerprint density at radius 1 is 1.19 bits per heavy atom. The fourth-order valence-electron chi connectivity index (χ4n) is 2.85. The lowest BCUT2D eigenvalue weighted by atomic mass is 10.1. The van der Waals surface area contributed by atoms with Crippen molar-refractivity contribution in [3.8, 4) is 0 Å². The number of aliphatic imine (C=N–C) groups is 1. The number of thiazole rings is 1. The van der Waals surface area contributed by atoms with Gasteiger partial charge in [-0.25, -0.2) is 4.98 Å². The van der Waals surface area contributed by atoms with Crippen LogP contribution in [-0.4, -0.2) is 36.1 Å². The average molecular weight is 483 g/mol. The van der Waals surface area contributed by atoms with Gasteiger partial charge in [-0.1, -0.05) is 18.2 Å². The highest BCUT2D eigenvalue weighted by atomic mass is 127. The van der Waals surface area contributed by atoms with Crippen molar-refractivity contribution in [1.82, 2.24) is 20.6 Å². The van der Waals surface area contributed by atoms with Gasteiger partial charge in [-0.15, -0.1) is 35.3 Å². The summed E-state index contributed by atoms with van der Waals surface area (Å²) in [5.74, 6) is 0.854. The van der Waals surface area contributed by atoms with Crippen LogP contribution in [0.2, 0.25) is 0 Å². The number of nitrogens with one attached hydrogen (secondary N) is 3. The molecule has 0 unspecified atom stereocenters. The van der Waals surface area contributed by atoms with Gasteiger partial charge in [0, 0.05) is 54.7 Å². The molecule has 3 N–H and O–H groups in total. The Bertz CT molecular complexity index is 839. The molecule has 3 aromatic rings. The van der Waals surface area contributed by atoms with E-state index in [9.17, 15) is 0 Å². The zero-order chi connectivity index (χ0) is 17.5. The summed E-state index contributed by atoms with van der Waals surface area (Å²) in [6.07, 6.45) is 7.08. The van der Waals surface area contributed by atoms with Crippen LogP contribution < -0.4 is 10.6 Å². The summed E-state index contributed by atoms with van der Waals surface area (Å²) >= 11 is 1.75. The molecule has 0 bridgehead atoms. The van der Waals surface area contributed by atoms with Crippen molar-refractivity contribution >= 4 is 52.2 Å². The first kappa shape index (κ1) is 20.7. The van der Waals surface area contributed by atoms with Gasteiger partial charge in [-0.05, 0) is 31.4 Å². The molecule has 140 valence electrons. The predicted molar refractivity (Wildman–Crippen MR) is 122 cm³/mol. The Balaban J connectivity index is 0.00000243. The third kappa shape index (κ3) is 5.70. The number of guanidine groups is 1. The smallest absolute Gasteiger partial charge is 0.190 e. The van der Waals surface area contributed by atoms with E-state index in [0.717, 1.165) is 38.3 Å². The number of H-pyrrole nitrogens is 1. The highest BCUT2D eigenvalue weighted by Crippen LogP contribution is 2.18. The van der Waals surface area contributed by atoms with E-state index in [-0.39, 0.29) is 24.0 Å². The number of aromatic amines is 1. The highest BCUT2D eigenvalue weighted by Gasteiger charge is 2.03. The summed E-state index contributed by atoms with van der Waals surface area (Å²) in [6.45, 7) is 3.83. The minimum Gasteiger partial charge on any atom is -0.361 e. The lowest BCUT2D eigenvalue weighted by Crippen LogP contribution is -2.38. The number of aryl methyl sites for hydroxylation is 2.